The lowest BCUT2D eigenvalue weighted by molar-refractivity contribution is 0.282. The van der Waals surface area contributed by atoms with Crippen molar-refractivity contribution >= 4 is 21.6 Å². The Kier molecular flexibility index (Phi) is 5.04. The quantitative estimate of drug-likeness (QED) is 0.767. The number of benzene rings is 2. The Morgan fingerprint density at radius 3 is 2.65 bits per heavy atom. The molecule has 4 heteroatoms. The van der Waals surface area contributed by atoms with E-state index in [0.717, 1.165) is 27.7 Å². The van der Waals surface area contributed by atoms with Crippen LogP contribution in [0.4, 0.5) is 5.69 Å². The maximum absolute atomic E-state index is 10.0. The number of aliphatic hydroxyl groups is 1. The van der Waals surface area contributed by atoms with Gasteiger partial charge in [-0.25, -0.2) is 0 Å². The van der Waals surface area contributed by atoms with Crippen molar-refractivity contribution in [2.45, 2.75) is 26.0 Å². The molecule has 0 aliphatic rings. The monoisotopic (exact) mass is 335 g/mol. The number of aromatic hydroxyl groups is 1. The van der Waals surface area contributed by atoms with E-state index in [4.69, 9.17) is 0 Å². The number of para-hydroxylation sites is 1. The minimum absolute atomic E-state index is 0.00985. The largest absolute Gasteiger partial charge is 0.508 e. The van der Waals surface area contributed by atoms with E-state index in [1.54, 1.807) is 6.07 Å². The van der Waals surface area contributed by atoms with Crippen molar-refractivity contribution in [3.63, 3.8) is 0 Å². The molecule has 1 unspecified atom stereocenters. The molecule has 0 amide bonds. The molecule has 0 heterocycles. The molecule has 0 saturated heterocycles. The van der Waals surface area contributed by atoms with Crippen molar-refractivity contribution in [2.75, 3.05) is 5.32 Å². The highest BCUT2D eigenvalue weighted by atomic mass is 79.9. The molecule has 3 nitrogen and oxygen atoms in total. The second-order valence-electron chi connectivity index (χ2n) is 4.62. The Bertz CT molecular complexity index is 586. The third-order valence-corrected chi connectivity index (χ3v) is 3.78. The summed E-state index contributed by atoms with van der Waals surface area (Å²) in [5, 5.41) is 22.8. The zero-order chi connectivity index (χ0) is 14.5. The van der Waals surface area contributed by atoms with E-state index in [-0.39, 0.29) is 18.4 Å². The van der Waals surface area contributed by atoms with Crippen LogP contribution in [0.1, 0.15) is 30.5 Å². The van der Waals surface area contributed by atoms with Crippen LogP contribution in [0.5, 0.6) is 5.75 Å². The van der Waals surface area contributed by atoms with Crippen LogP contribution in [0.2, 0.25) is 0 Å². The fourth-order valence-corrected chi connectivity index (χ4v) is 2.57. The summed E-state index contributed by atoms with van der Waals surface area (Å²) in [7, 11) is 0. The van der Waals surface area contributed by atoms with E-state index in [0.29, 0.717) is 0 Å². The molecule has 20 heavy (non-hydrogen) atoms. The SMILES string of the molecule is CCC(Nc1ccccc1CO)c1cc(Br)ccc1O. The molecule has 106 valence electrons. The van der Waals surface area contributed by atoms with Crippen LogP contribution >= 0.6 is 15.9 Å². The molecule has 0 radical (unpaired) electrons. The van der Waals surface area contributed by atoms with Crippen LogP contribution in [0.25, 0.3) is 0 Å². The summed E-state index contributed by atoms with van der Waals surface area (Å²) >= 11 is 3.43. The molecule has 0 saturated carbocycles. The van der Waals surface area contributed by atoms with Gasteiger partial charge in [0, 0.05) is 21.3 Å². The van der Waals surface area contributed by atoms with E-state index in [9.17, 15) is 10.2 Å². The van der Waals surface area contributed by atoms with E-state index < -0.39 is 0 Å². The first kappa shape index (κ1) is 14.9. The highest BCUT2D eigenvalue weighted by Crippen LogP contribution is 2.32. The molecule has 2 rings (SSSR count). The van der Waals surface area contributed by atoms with Gasteiger partial charge in [0.2, 0.25) is 0 Å². The van der Waals surface area contributed by atoms with E-state index in [1.165, 1.54) is 0 Å². The Hall–Kier alpha value is -1.52. The molecule has 0 bridgehead atoms. The van der Waals surface area contributed by atoms with Gasteiger partial charge in [-0.05, 0) is 30.7 Å². The van der Waals surface area contributed by atoms with Gasteiger partial charge >= 0.3 is 0 Å². The Labute approximate surface area is 127 Å². The zero-order valence-electron chi connectivity index (χ0n) is 11.3. The lowest BCUT2D eigenvalue weighted by Gasteiger charge is -2.21. The number of phenols is 1. The first-order valence-corrected chi connectivity index (χ1v) is 7.38. The number of nitrogens with one attached hydrogen (secondary N) is 1. The van der Waals surface area contributed by atoms with Crippen LogP contribution in [0, 0.1) is 0 Å². The predicted molar refractivity (Wildman–Crippen MR) is 84.8 cm³/mol. The Morgan fingerprint density at radius 2 is 1.95 bits per heavy atom. The van der Waals surface area contributed by atoms with Crippen molar-refractivity contribution in [1.82, 2.24) is 0 Å². The maximum Gasteiger partial charge on any atom is 0.120 e. The fourth-order valence-electron chi connectivity index (χ4n) is 2.19. The summed E-state index contributed by atoms with van der Waals surface area (Å²) in [5.41, 5.74) is 2.58. The molecule has 0 fully saturated rings. The normalized spacial score (nSPS) is 12.2. The standard InChI is InChI=1S/C16H18BrNO2/c1-2-14(13-9-12(17)7-8-16(13)20)18-15-6-4-3-5-11(15)10-19/h3-9,14,18-20H,2,10H2,1H3. The molecule has 0 aliphatic carbocycles. The van der Waals surface area contributed by atoms with Crippen molar-refractivity contribution in [3.05, 3.63) is 58.1 Å². The van der Waals surface area contributed by atoms with Crippen LogP contribution in [-0.4, -0.2) is 10.2 Å². The van der Waals surface area contributed by atoms with E-state index in [2.05, 4.69) is 28.2 Å². The van der Waals surface area contributed by atoms with Gasteiger partial charge in [0.05, 0.1) is 12.6 Å². The van der Waals surface area contributed by atoms with Gasteiger partial charge in [0.1, 0.15) is 5.75 Å². The lowest BCUT2D eigenvalue weighted by atomic mass is 10.0. The third-order valence-electron chi connectivity index (χ3n) is 3.29. The van der Waals surface area contributed by atoms with E-state index >= 15 is 0 Å². The Morgan fingerprint density at radius 1 is 1.20 bits per heavy atom. The van der Waals surface area contributed by atoms with Gasteiger partial charge in [-0.3, -0.25) is 0 Å². The number of phenolic OH excluding ortho intramolecular Hbond substituents is 1. The molecule has 1 atom stereocenters. The lowest BCUT2D eigenvalue weighted by Crippen LogP contribution is -2.11. The number of halogens is 1. The third kappa shape index (κ3) is 3.32. The first-order valence-electron chi connectivity index (χ1n) is 6.59. The summed E-state index contributed by atoms with van der Waals surface area (Å²) < 4.78 is 0.931. The average Bonchev–Trinajstić information content (AvgIpc) is 2.48. The minimum Gasteiger partial charge on any atom is -0.508 e. The molecule has 0 aromatic heterocycles. The number of anilines is 1. The summed E-state index contributed by atoms with van der Waals surface area (Å²) in [5.74, 6) is 0.272. The molecule has 2 aromatic carbocycles. The number of hydrogen-bond acceptors (Lipinski definition) is 3. The molecule has 0 spiro atoms. The smallest absolute Gasteiger partial charge is 0.120 e. The second kappa shape index (κ2) is 6.77. The van der Waals surface area contributed by atoms with Gasteiger partial charge in [0.15, 0.2) is 0 Å². The van der Waals surface area contributed by atoms with Gasteiger partial charge in [-0.15, -0.1) is 0 Å². The van der Waals surface area contributed by atoms with Crippen molar-refractivity contribution in [3.8, 4) is 5.75 Å². The summed E-state index contributed by atoms with van der Waals surface area (Å²) in [6, 6.07) is 13.0. The summed E-state index contributed by atoms with van der Waals surface area (Å²) in [6.07, 6.45) is 0.823. The minimum atomic E-state index is -0.0137. The average molecular weight is 336 g/mol. The molecule has 0 aliphatic heterocycles. The van der Waals surface area contributed by atoms with Gasteiger partial charge < -0.3 is 15.5 Å². The molecule has 3 N–H and O–H groups in total. The fraction of sp³-hybridized carbons (Fsp3) is 0.250. The highest BCUT2D eigenvalue weighted by Gasteiger charge is 2.15. The molecular weight excluding hydrogens is 318 g/mol. The molecule has 2 aromatic rings. The number of rotatable bonds is 5. The number of hydrogen-bond donors (Lipinski definition) is 3. The molecular formula is C16H18BrNO2. The zero-order valence-corrected chi connectivity index (χ0v) is 12.9. The van der Waals surface area contributed by atoms with Crippen molar-refractivity contribution in [2.24, 2.45) is 0 Å². The van der Waals surface area contributed by atoms with Crippen LogP contribution in [0.15, 0.2) is 46.9 Å². The summed E-state index contributed by atoms with van der Waals surface area (Å²) in [6.45, 7) is 2.05. The van der Waals surface area contributed by atoms with Gasteiger partial charge in [-0.1, -0.05) is 41.1 Å². The topological polar surface area (TPSA) is 52.5 Å². The van der Waals surface area contributed by atoms with Crippen molar-refractivity contribution < 1.29 is 10.2 Å². The van der Waals surface area contributed by atoms with Gasteiger partial charge in [-0.2, -0.15) is 0 Å². The van der Waals surface area contributed by atoms with Crippen molar-refractivity contribution in [1.29, 1.82) is 0 Å². The highest BCUT2D eigenvalue weighted by molar-refractivity contribution is 9.10. The predicted octanol–water partition coefficient (Wildman–Crippen LogP) is 4.21. The van der Waals surface area contributed by atoms with Crippen LogP contribution in [-0.2, 0) is 6.61 Å². The van der Waals surface area contributed by atoms with Crippen LogP contribution < -0.4 is 5.32 Å². The second-order valence-corrected chi connectivity index (χ2v) is 5.54. The van der Waals surface area contributed by atoms with Gasteiger partial charge in [0.25, 0.3) is 0 Å². The Balaban J connectivity index is 2.31. The van der Waals surface area contributed by atoms with E-state index in [1.807, 2.05) is 36.4 Å². The van der Waals surface area contributed by atoms with Crippen LogP contribution in [0.3, 0.4) is 0 Å². The summed E-state index contributed by atoms with van der Waals surface area (Å²) in [4.78, 5) is 0. The first-order chi connectivity index (χ1) is 9.65. The number of aliphatic hydroxyl groups excluding tert-OH is 1. The maximum atomic E-state index is 10.0.